The number of aryl methyl sites for hydroxylation is 1. The van der Waals surface area contributed by atoms with Crippen LogP contribution in [0.1, 0.15) is 12.0 Å². The van der Waals surface area contributed by atoms with E-state index < -0.39 is 10.0 Å². The lowest BCUT2D eigenvalue weighted by atomic mass is 10.2. The third kappa shape index (κ3) is 3.54. The Morgan fingerprint density at radius 2 is 1.89 bits per heavy atom. The van der Waals surface area contributed by atoms with Crippen molar-refractivity contribution in [2.75, 3.05) is 20.2 Å². The first kappa shape index (κ1) is 16.1. The second-order valence-electron chi connectivity index (χ2n) is 3.94. The van der Waals surface area contributed by atoms with Crippen LogP contribution in [0.5, 0.6) is 0 Å². The number of rotatable bonds is 5. The summed E-state index contributed by atoms with van der Waals surface area (Å²) in [5.74, 6) is 0. The van der Waals surface area contributed by atoms with Gasteiger partial charge in [-0.15, -0.1) is 0 Å². The minimum atomic E-state index is -3.54. The molecule has 1 aromatic rings. The molecule has 102 valence electrons. The van der Waals surface area contributed by atoms with Crippen molar-refractivity contribution in [1.82, 2.24) is 4.31 Å². The van der Waals surface area contributed by atoms with E-state index in [0.29, 0.717) is 10.9 Å². The molecule has 7 heteroatoms. The van der Waals surface area contributed by atoms with Crippen molar-refractivity contribution in [1.29, 1.82) is 0 Å². The predicted octanol–water partition coefficient (Wildman–Crippen LogP) is 2.52. The van der Waals surface area contributed by atoms with Crippen LogP contribution in [0, 0.1) is 6.92 Å². The second kappa shape index (κ2) is 6.47. The van der Waals surface area contributed by atoms with Crippen molar-refractivity contribution in [3.05, 3.63) is 26.6 Å². The highest BCUT2D eigenvalue weighted by atomic mass is 79.9. The van der Waals surface area contributed by atoms with Crippen molar-refractivity contribution < 1.29 is 13.5 Å². The molecule has 0 aromatic heterocycles. The maximum Gasteiger partial charge on any atom is 0.243 e. The minimum absolute atomic E-state index is 0.0291. The molecule has 0 radical (unpaired) electrons. The molecule has 0 fully saturated rings. The first-order valence-electron chi connectivity index (χ1n) is 5.33. The van der Waals surface area contributed by atoms with Crippen LogP contribution in [0.3, 0.4) is 0 Å². The standard InChI is InChI=1S/C11H15Br2NO3S/c1-8-6-10(13)11(7-9(8)12)18(16,17)14(2)4-3-5-15/h6-7,15H,3-5H2,1-2H3. The van der Waals surface area contributed by atoms with Gasteiger partial charge in [-0.3, -0.25) is 0 Å². The monoisotopic (exact) mass is 399 g/mol. The lowest BCUT2D eigenvalue weighted by molar-refractivity contribution is 0.275. The fourth-order valence-corrected chi connectivity index (χ4v) is 4.25. The lowest BCUT2D eigenvalue weighted by Gasteiger charge is -2.18. The summed E-state index contributed by atoms with van der Waals surface area (Å²) < 4.78 is 27.2. The average Bonchev–Trinajstić information content (AvgIpc) is 2.30. The Balaban J connectivity index is 3.16. The van der Waals surface area contributed by atoms with Crippen LogP contribution < -0.4 is 0 Å². The number of sulfonamides is 1. The van der Waals surface area contributed by atoms with Gasteiger partial charge in [0.05, 0.1) is 4.90 Å². The van der Waals surface area contributed by atoms with Crippen molar-refractivity contribution in [2.24, 2.45) is 0 Å². The van der Waals surface area contributed by atoms with Crippen molar-refractivity contribution >= 4 is 41.9 Å². The van der Waals surface area contributed by atoms with Gasteiger partial charge in [-0.25, -0.2) is 12.7 Å². The average molecular weight is 401 g/mol. The van der Waals surface area contributed by atoms with E-state index in [1.165, 1.54) is 11.4 Å². The Hall–Kier alpha value is 0.0500. The molecule has 0 amide bonds. The maximum atomic E-state index is 12.3. The number of halogens is 2. The van der Waals surface area contributed by atoms with Gasteiger partial charge < -0.3 is 5.11 Å². The molecule has 0 saturated carbocycles. The largest absolute Gasteiger partial charge is 0.396 e. The smallest absolute Gasteiger partial charge is 0.243 e. The molecular formula is C11H15Br2NO3S. The Morgan fingerprint density at radius 1 is 1.28 bits per heavy atom. The van der Waals surface area contributed by atoms with Crippen LogP contribution in [-0.2, 0) is 10.0 Å². The topological polar surface area (TPSA) is 57.6 Å². The van der Waals surface area contributed by atoms with E-state index in [2.05, 4.69) is 31.9 Å². The summed E-state index contributed by atoms with van der Waals surface area (Å²) in [6.45, 7) is 2.15. The van der Waals surface area contributed by atoms with E-state index in [-0.39, 0.29) is 18.0 Å². The van der Waals surface area contributed by atoms with Crippen LogP contribution in [0.25, 0.3) is 0 Å². The molecule has 0 heterocycles. The normalized spacial score (nSPS) is 12.1. The molecule has 0 bridgehead atoms. The molecule has 0 spiro atoms. The summed E-state index contributed by atoms with van der Waals surface area (Å²) in [6, 6.07) is 3.35. The molecule has 0 aliphatic carbocycles. The molecule has 0 saturated heterocycles. The van der Waals surface area contributed by atoms with Gasteiger partial charge >= 0.3 is 0 Å². The summed E-state index contributed by atoms with van der Waals surface area (Å²) in [7, 11) is -2.03. The second-order valence-corrected chi connectivity index (χ2v) is 7.66. The Bertz CT molecular complexity index is 531. The molecule has 18 heavy (non-hydrogen) atoms. The zero-order valence-corrected chi connectivity index (χ0v) is 14.1. The molecular weight excluding hydrogens is 386 g/mol. The highest BCUT2D eigenvalue weighted by molar-refractivity contribution is 9.11. The van der Waals surface area contributed by atoms with Crippen LogP contribution in [0.2, 0.25) is 0 Å². The highest BCUT2D eigenvalue weighted by Crippen LogP contribution is 2.30. The third-order valence-corrected chi connectivity index (χ3v) is 6.20. The van der Waals surface area contributed by atoms with Gasteiger partial charge in [-0.05, 0) is 47.0 Å². The van der Waals surface area contributed by atoms with E-state index in [1.54, 1.807) is 12.1 Å². The van der Waals surface area contributed by atoms with Gasteiger partial charge in [0.2, 0.25) is 10.0 Å². The highest BCUT2D eigenvalue weighted by Gasteiger charge is 2.23. The SMILES string of the molecule is Cc1cc(Br)c(S(=O)(=O)N(C)CCCO)cc1Br. The predicted molar refractivity (Wildman–Crippen MR) is 78.1 cm³/mol. The van der Waals surface area contributed by atoms with Crippen molar-refractivity contribution in [2.45, 2.75) is 18.2 Å². The van der Waals surface area contributed by atoms with Crippen molar-refractivity contribution in [3.63, 3.8) is 0 Å². The summed E-state index contributed by atoms with van der Waals surface area (Å²) in [4.78, 5) is 0.223. The number of hydrogen-bond acceptors (Lipinski definition) is 3. The fourth-order valence-electron chi connectivity index (χ4n) is 1.41. The zero-order valence-electron chi connectivity index (χ0n) is 10.2. The molecule has 1 aromatic carbocycles. The number of nitrogens with zero attached hydrogens (tertiary/aromatic N) is 1. The summed E-state index contributed by atoms with van der Waals surface area (Å²) in [5, 5.41) is 8.75. The number of aliphatic hydroxyl groups is 1. The van der Waals surface area contributed by atoms with Crippen LogP contribution in [0.4, 0.5) is 0 Å². The Morgan fingerprint density at radius 3 is 2.44 bits per heavy atom. The quantitative estimate of drug-likeness (QED) is 0.826. The number of aliphatic hydroxyl groups excluding tert-OH is 1. The Kier molecular flexibility index (Phi) is 5.79. The molecule has 0 aliphatic rings. The van der Waals surface area contributed by atoms with E-state index in [9.17, 15) is 8.42 Å². The molecule has 1 rings (SSSR count). The summed E-state index contributed by atoms with van der Waals surface area (Å²) in [6.07, 6.45) is 0.417. The lowest BCUT2D eigenvalue weighted by Crippen LogP contribution is -2.28. The van der Waals surface area contributed by atoms with Crippen LogP contribution in [-0.4, -0.2) is 38.0 Å². The van der Waals surface area contributed by atoms with Gasteiger partial charge in [0, 0.05) is 29.1 Å². The fraction of sp³-hybridized carbons (Fsp3) is 0.455. The molecule has 0 atom stereocenters. The first-order valence-corrected chi connectivity index (χ1v) is 8.36. The van der Waals surface area contributed by atoms with E-state index in [0.717, 1.165) is 10.0 Å². The minimum Gasteiger partial charge on any atom is -0.396 e. The molecule has 4 nitrogen and oxygen atoms in total. The number of benzene rings is 1. The summed E-state index contributed by atoms with van der Waals surface area (Å²) in [5.41, 5.74) is 0.957. The van der Waals surface area contributed by atoms with E-state index >= 15 is 0 Å². The molecule has 0 unspecified atom stereocenters. The molecule has 1 N–H and O–H groups in total. The van der Waals surface area contributed by atoms with Crippen molar-refractivity contribution in [3.8, 4) is 0 Å². The summed E-state index contributed by atoms with van der Waals surface area (Å²) >= 11 is 6.61. The van der Waals surface area contributed by atoms with E-state index in [4.69, 9.17) is 5.11 Å². The Labute approximate surface area is 124 Å². The van der Waals surface area contributed by atoms with E-state index in [1.807, 2.05) is 6.92 Å². The van der Waals surface area contributed by atoms with Gasteiger partial charge in [-0.1, -0.05) is 15.9 Å². The van der Waals surface area contributed by atoms with Gasteiger partial charge in [0.25, 0.3) is 0 Å². The van der Waals surface area contributed by atoms with Gasteiger partial charge in [0.15, 0.2) is 0 Å². The zero-order chi connectivity index (χ0) is 13.9. The maximum absolute atomic E-state index is 12.3. The number of hydrogen-bond donors (Lipinski definition) is 1. The van der Waals surface area contributed by atoms with Gasteiger partial charge in [-0.2, -0.15) is 0 Å². The van der Waals surface area contributed by atoms with Gasteiger partial charge in [0.1, 0.15) is 0 Å². The first-order chi connectivity index (χ1) is 8.30. The van der Waals surface area contributed by atoms with Crippen LogP contribution >= 0.6 is 31.9 Å². The van der Waals surface area contributed by atoms with Crippen LogP contribution in [0.15, 0.2) is 26.0 Å². The third-order valence-electron chi connectivity index (χ3n) is 2.53. The molecule has 0 aliphatic heterocycles.